The fourth-order valence-corrected chi connectivity index (χ4v) is 4.36. The van der Waals surface area contributed by atoms with E-state index in [2.05, 4.69) is 44.2 Å². The van der Waals surface area contributed by atoms with Crippen molar-refractivity contribution < 1.29 is 19.4 Å². The van der Waals surface area contributed by atoms with Gasteiger partial charge in [0.25, 0.3) is 0 Å². The Balaban J connectivity index is 1.69. The number of carbonyl (C=O) groups excluding carboxylic acids is 2. The van der Waals surface area contributed by atoms with E-state index in [1.165, 1.54) is 16.7 Å². The van der Waals surface area contributed by atoms with Crippen LogP contribution in [0.3, 0.4) is 0 Å². The van der Waals surface area contributed by atoms with Crippen LogP contribution in [0.5, 0.6) is 0 Å². The second-order valence-corrected chi connectivity index (χ2v) is 8.56. The van der Waals surface area contributed by atoms with Crippen molar-refractivity contribution in [3.63, 3.8) is 0 Å². The van der Waals surface area contributed by atoms with Crippen LogP contribution in [0.25, 0.3) is 11.1 Å². The molecule has 1 aliphatic heterocycles. The lowest BCUT2D eigenvalue weighted by Gasteiger charge is -2.33. The summed E-state index contributed by atoms with van der Waals surface area (Å²) < 4.78 is 5.44. The SMILES string of the molecule is Cc1cccc(C)c1-c1cccc(N(Cc2ccc(C(=O)CO)cc2)C(=O)N2CCOCC2)c1. The molecule has 34 heavy (non-hydrogen) atoms. The van der Waals surface area contributed by atoms with Crippen LogP contribution in [-0.4, -0.2) is 54.7 Å². The monoisotopic (exact) mass is 458 g/mol. The van der Waals surface area contributed by atoms with Crippen molar-refractivity contribution in [2.45, 2.75) is 20.4 Å². The number of ketones is 1. The average molecular weight is 459 g/mol. The van der Waals surface area contributed by atoms with Gasteiger partial charge in [0.2, 0.25) is 0 Å². The number of aryl methyl sites for hydroxylation is 2. The molecule has 2 amide bonds. The Kier molecular flexibility index (Phi) is 7.40. The number of rotatable bonds is 6. The molecule has 6 nitrogen and oxygen atoms in total. The zero-order chi connectivity index (χ0) is 24.1. The van der Waals surface area contributed by atoms with E-state index in [1.807, 2.05) is 29.2 Å². The van der Waals surface area contributed by atoms with E-state index in [1.54, 1.807) is 17.0 Å². The number of urea groups is 1. The van der Waals surface area contributed by atoms with Crippen molar-refractivity contribution in [2.24, 2.45) is 0 Å². The van der Waals surface area contributed by atoms with Gasteiger partial charge in [-0.3, -0.25) is 9.69 Å². The van der Waals surface area contributed by atoms with Crippen molar-refractivity contribution in [1.29, 1.82) is 0 Å². The summed E-state index contributed by atoms with van der Waals surface area (Å²) in [7, 11) is 0. The smallest absolute Gasteiger partial charge is 0.324 e. The highest BCUT2D eigenvalue weighted by Crippen LogP contribution is 2.31. The standard InChI is InChI=1S/C28H30N2O4/c1-20-5-3-6-21(2)27(20)24-7-4-8-25(17-24)30(28(33)29-13-15-34-16-14-29)18-22-9-11-23(12-10-22)26(32)19-31/h3-12,17,31H,13-16,18-19H2,1-2H3. The van der Waals surface area contributed by atoms with Crippen LogP contribution in [0.2, 0.25) is 0 Å². The van der Waals surface area contributed by atoms with E-state index in [4.69, 9.17) is 9.84 Å². The summed E-state index contributed by atoms with van der Waals surface area (Å²) >= 11 is 0. The first-order valence-electron chi connectivity index (χ1n) is 11.5. The van der Waals surface area contributed by atoms with E-state index in [9.17, 15) is 9.59 Å². The molecule has 176 valence electrons. The molecule has 0 atom stereocenters. The largest absolute Gasteiger partial charge is 0.388 e. The molecule has 0 aliphatic carbocycles. The lowest BCUT2D eigenvalue weighted by atomic mass is 9.95. The fraction of sp³-hybridized carbons (Fsp3) is 0.286. The van der Waals surface area contributed by atoms with Crippen LogP contribution >= 0.6 is 0 Å². The fourth-order valence-electron chi connectivity index (χ4n) is 4.36. The second kappa shape index (κ2) is 10.6. The van der Waals surface area contributed by atoms with Crippen molar-refractivity contribution >= 4 is 17.5 Å². The number of aliphatic hydroxyl groups is 1. The van der Waals surface area contributed by atoms with Crippen molar-refractivity contribution in [2.75, 3.05) is 37.8 Å². The maximum atomic E-state index is 13.6. The number of hydrogen-bond acceptors (Lipinski definition) is 4. The van der Waals surface area contributed by atoms with Crippen LogP contribution in [0, 0.1) is 13.8 Å². The molecular weight excluding hydrogens is 428 g/mol. The predicted octanol–water partition coefficient (Wildman–Crippen LogP) is 4.60. The minimum Gasteiger partial charge on any atom is -0.388 e. The van der Waals surface area contributed by atoms with Crippen molar-refractivity contribution in [3.05, 3.63) is 89.0 Å². The molecule has 6 heteroatoms. The third-order valence-corrected chi connectivity index (χ3v) is 6.20. The number of nitrogens with zero attached hydrogens (tertiary/aromatic N) is 2. The molecule has 0 radical (unpaired) electrons. The molecule has 1 heterocycles. The highest BCUT2D eigenvalue weighted by atomic mass is 16.5. The van der Waals surface area contributed by atoms with Crippen LogP contribution in [-0.2, 0) is 11.3 Å². The molecule has 0 spiro atoms. The van der Waals surface area contributed by atoms with Gasteiger partial charge in [-0.2, -0.15) is 0 Å². The predicted molar refractivity (Wildman–Crippen MR) is 133 cm³/mol. The molecule has 1 N–H and O–H groups in total. The Morgan fingerprint density at radius 1 is 0.941 bits per heavy atom. The Morgan fingerprint density at radius 3 is 2.24 bits per heavy atom. The zero-order valence-electron chi connectivity index (χ0n) is 19.7. The molecule has 0 saturated carbocycles. The zero-order valence-corrected chi connectivity index (χ0v) is 19.7. The molecule has 1 fully saturated rings. The van der Waals surface area contributed by atoms with E-state index in [0.29, 0.717) is 38.4 Å². The first kappa shape index (κ1) is 23.7. The van der Waals surface area contributed by atoms with Crippen LogP contribution in [0.15, 0.2) is 66.7 Å². The van der Waals surface area contributed by atoms with Gasteiger partial charge in [0.1, 0.15) is 6.61 Å². The number of ether oxygens (including phenoxy) is 1. The summed E-state index contributed by atoms with van der Waals surface area (Å²) in [5.41, 5.74) is 6.78. The highest BCUT2D eigenvalue weighted by Gasteiger charge is 2.25. The molecule has 1 aliphatic rings. The number of carbonyl (C=O) groups is 2. The molecule has 3 aromatic carbocycles. The highest BCUT2D eigenvalue weighted by molar-refractivity contribution is 5.97. The van der Waals surface area contributed by atoms with Gasteiger partial charge >= 0.3 is 6.03 Å². The summed E-state index contributed by atoms with van der Waals surface area (Å²) in [6.07, 6.45) is 0. The van der Waals surface area contributed by atoms with Crippen molar-refractivity contribution in [1.82, 2.24) is 4.90 Å². The minimum atomic E-state index is -0.522. The summed E-state index contributed by atoms with van der Waals surface area (Å²) in [5, 5.41) is 9.11. The van der Waals surface area contributed by atoms with E-state index in [-0.39, 0.29) is 11.8 Å². The van der Waals surface area contributed by atoms with Gasteiger partial charge in [-0.25, -0.2) is 4.79 Å². The first-order valence-corrected chi connectivity index (χ1v) is 11.5. The maximum Gasteiger partial charge on any atom is 0.324 e. The van der Waals surface area contributed by atoms with Gasteiger partial charge in [0, 0.05) is 24.3 Å². The molecule has 0 unspecified atom stereocenters. The van der Waals surface area contributed by atoms with Crippen LogP contribution in [0.1, 0.15) is 27.0 Å². The number of morpholine rings is 1. The third-order valence-electron chi connectivity index (χ3n) is 6.20. The quantitative estimate of drug-likeness (QED) is 0.548. The van der Waals surface area contributed by atoms with Gasteiger partial charge < -0.3 is 14.7 Å². The Labute approximate surface area is 200 Å². The normalized spacial score (nSPS) is 13.6. The van der Waals surface area contributed by atoms with Gasteiger partial charge in [-0.05, 0) is 53.8 Å². The van der Waals surface area contributed by atoms with Crippen molar-refractivity contribution in [3.8, 4) is 11.1 Å². The van der Waals surface area contributed by atoms with Gasteiger partial charge in [-0.1, -0.05) is 54.6 Å². The summed E-state index contributed by atoms with van der Waals surface area (Å²) in [4.78, 5) is 29.0. The number of Topliss-reactive ketones (excluding diaryl/α,β-unsaturated/α-hetero) is 1. The van der Waals surface area contributed by atoms with Crippen LogP contribution < -0.4 is 4.90 Å². The van der Waals surface area contributed by atoms with Gasteiger partial charge in [0.05, 0.1) is 19.8 Å². The molecule has 1 saturated heterocycles. The number of aliphatic hydroxyl groups excluding tert-OH is 1. The van der Waals surface area contributed by atoms with E-state index in [0.717, 1.165) is 16.8 Å². The maximum absolute atomic E-state index is 13.6. The van der Waals surface area contributed by atoms with Gasteiger partial charge in [-0.15, -0.1) is 0 Å². The second-order valence-electron chi connectivity index (χ2n) is 8.56. The molecule has 0 bridgehead atoms. The molecular formula is C28H30N2O4. The molecule has 0 aromatic heterocycles. The number of benzene rings is 3. The average Bonchev–Trinajstić information content (AvgIpc) is 2.87. The third kappa shape index (κ3) is 5.19. The number of hydrogen-bond donors (Lipinski definition) is 1. The minimum absolute atomic E-state index is 0.0718. The summed E-state index contributed by atoms with van der Waals surface area (Å²) in [5.74, 6) is -0.325. The summed E-state index contributed by atoms with van der Waals surface area (Å²) in [6, 6.07) is 21.3. The number of anilines is 1. The van der Waals surface area contributed by atoms with E-state index >= 15 is 0 Å². The van der Waals surface area contributed by atoms with E-state index < -0.39 is 6.61 Å². The Bertz CT molecular complexity index is 1150. The topological polar surface area (TPSA) is 70.1 Å². The number of amides is 2. The lowest BCUT2D eigenvalue weighted by molar-refractivity contribution is 0.0548. The van der Waals surface area contributed by atoms with Gasteiger partial charge in [0.15, 0.2) is 5.78 Å². The molecule has 4 rings (SSSR count). The summed E-state index contributed by atoms with van der Waals surface area (Å²) in [6.45, 7) is 6.19. The first-order chi connectivity index (χ1) is 16.5. The Hall–Kier alpha value is -3.48. The van der Waals surface area contributed by atoms with Crippen LogP contribution in [0.4, 0.5) is 10.5 Å². The molecule has 3 aromatic rings. The lowest BCUT2D eigenvalue weighted by Crippen LogP contribution is -2.48. The Morgan fingerprint density at radius 2 is 1.59 bits per heavy atom.